The van der Waals surface area contributed by atoms with Crippen LogP contribution in [-0.4, -0.2) is 38.3 Å². The average molecular weight is 383 g/mol. The van der Waals surface area contributed by atoms with Crippen LogP contribution in [0.2, 0.25) is 0 Å². The number of benzene rings is 2. The van der Waals surface area contributed by atoms with Crippen LogP contribution < -0.4 is 19.5 Å². The summed E-state index contributed by atoms with van der Waals surface area (Å²) in [7, 11) is 1.42. The highest BCUT2D eigenvalue weighted by molar-refractivity contribution is 6.06. The van der Waals surface area contributed by atoms with Crippen molar-refractivity contribution in [1.82, 2.24) is 5.32 Å². The van der Waals surface area contributed by atoms with Crippen LogP contribution in [0.3, 0.4) is 0 Å². The maximum Gasteiger partial charge on any atom is 0.331 e. The first-order valence-corrected chi connectivity index (χ1v) is 8.28. The lowest BCUT2D eigenvalue weighted by Gasteiger charge is -2.08. The Kier molecular flexibility index (Phi) is 5.91. The number of carbonyl (C=O) groups is 3. The van der Waals surface area contributed by atoms with E-state index in [4.69, 9.17) is 18.9 Å². The lowest BCUT2D eigenvalue weighted by atomic mass is 10.2. The molecule has 0 atom stereocenters. The summed E-state index contributed by atoms with van der Waals surface area (Å²) in [5.41, 5.74) is 0.907. The van der Waals surface area contributed by atoms with Crippen molar-refractivity contribution in [2.75, 3.05) is 20.5 Å². The molecule has 0 radical (unpaired) electrons. The van der Waals surface area contributed by atoms with Crippen molar-refractivity contribution in [3.05, 3.63) is 59.7 Å². The Hall–Kier alpha value is -3.81. The van der Waals surface area contributed by atoms with Gasteiger partial charge in [-0.1, -0.05) is 18.2 Å². The molecule has 1 aliphatic rings. The zero-order valence-corrected chi connectivity index (χ0v) is 15.0. The molecule has 144 valence electrons. The van der Waals surface area contributed by atoms with Crippen LogP contribution in [0, 0.1) is 0 Å². The van der Waals surface area contributed by atoms with Crippen LogP contribution in [-0.2, 0) is 14.3 Å². The fourth-order valence-corrected chi connectivity index (χ4v) is 2.43. The molecule has 3 rings (SSSR count). The third-order valence-corrected chi connectivity index (χ3v) is 3.76. The van der Waals surface area contributed by atoms with Crippen molar-refractivity contribution in [2.45, 2.75) is 0 Å². The number of carbonyl (C=O) groups excluding carboxylic acids is 3. The average Bonchev–Trinajstić information content (AvgIpc) is 3.18. The number of hydrogen-bond acceptors (Lipinski definition) is 7. The molecule has 1 N–H and O–H groups in total. The first-order valence-electron chi connectivity index (χ1n) is 8.28. The molecule has 8 heteroatoms. The molecule has 0 saturated heterocycles. The summed E-state index contributed by atoms with van der Waals surface area (Å²) in [5, 5.41) is 2.14. The number of imide groups is 1. The van der Waals surface area contributed by atoms with Crippen LogP contribution in [0.5, 0.6) is 17.2 Å². The van der Waals surface area contributed by atoms with E-state index < -0.39 is 24.4 Å². The van der Waals surface area contributed by atoms with E-state index in [1.807, 2.05) is 0 Å². The number of esters is 1. The van der Waals surface area contributed by atoms with Crippen LogP contribution in [0.15, 0.2) is 48.5 Å². The molecule has 2 aromatic carbocycles. The Morgan fingerprint density at radius 1 is 1.11 bits per heavy atom. The number of ether oxygens (including phenoxy) is 4. The second-order valence-corrected chi connectivity index (χ2v) is 5.63. The van der Waals surface area contributed by atoms with E-state index in [0.29, 0.717) is 22.8 Å². The number of hydrogen-bond donors (Lipinski definition) is 1. The standard InChI is InChI=1S/C20H17NO7/c1-25-15-5-3-2-4-14(15)20(24)21-18(22)11-26-19(23)9-7-13-6-8-16-17(10-13)28-12-27-16/h2-10H,11-12H2,1H3,(H,21,22,24)/b9-7+. The van der Waals surface area contributed by atoms with Gasteiger partial charge < -0.3 is 18.9 Å². The molecule has 1 aliphatic heterocycles. The van der Waals surface area contributed by atoms with Gasteiger partial charge in [-0.25, -0.2) is 4.79 Å². The lowest BCUT2D eigenvalue weighted by Crippen LogP contribution is -2.34. The Morgan fingerprint density at radius 2 is 1.89 bits per heavy atom. The fourth-order valence-electron chi connectivity index (χ4n) is 2.43. The van der Waals surface area contributed by atoms with Gasteiger partial charge in [0.1, 0.15) is 5.75 Å². The van der Waals surface area contributed by atoms with Gasteiger partial charge in [0.15, 0.2) is 18.1 Å². The smallest absolute Gasteiger partial charge is 0.331 e. The molecule has 2 aromatic rings. The summed E-state index contributed by atoms with van der Waals surface area (Å²) in [6.07, 6.45) is 2.69. The van der Waals surface area contributed by atoms with Crippen molar-refractivity contribution in [3.8, 4) is 17.2 Å². The van der Waals surface area contributed by atoms with Crippen molar-refractivity contribution in [1.29, 1.82) is 0 Å². The molecular formula is C20H17NO7. The van der Waals surface area contributed by atoms with Gasteiger partial charge in [-0.2, -0.15) is 0 Å². The molecule has 0 bridgehead atoms. The zero-order valence-electron chi connectivity index (χ0n) is 15.0. The zero-order chi connectivity index (χ0) is 19.9. The minimum Gasteiger partial charge on any atom is -0.496 e. The van der Waals surface area contributed by atoms with Gasteiger partial charge in [0.25, 0.3) is 11.8 Å². The molecule has 0 fully saturated rings. The maximum atomic E-state index is 12.1. The molecular weight excluding hydrogens is 366 g/mol. The van der Waals surface area contributed by atoms with E-state index in [9.17, 15) is 14.4 Å². The number of fused-ring (bicyclic) bond motifs is 1. The molecule has 0 spiro atoms. The number of para-hydroxylation sites is 1. The molecule has 2 amide bonds. The van der Waals surface area contributed by atoms with E-state index in [2.05, 4.69) is 5.32 Å². The summed E-state index contributed by atoms with van der Waals surface area (Å²) >= 11 is 0. The van der Waals surface area contributed by atoms with E-state index in [-0.39, 0.29) is 12.4 Å². The first kappa shape index (κ1) is 19.0. The minimum atomic E-state index is -0.749. The first-order chi connectivity index (χ1) is 13.6. The molecule has 8 nitrogen and oxygen atoms in total. The number of methoxy groups -OCH3 is 1. The number of rotatable bonds is 6. The van der Waals surface area contributed by atoms with Crippen molar-refractivity contribution >= 4 is 23.9 Å². The number of amides is 2. The van der Waals surface area contributed by atoms with Gasteiger partial charge >= 0.3 is 5.97 Å². The summed E-state index contributed by atoms with van der Waals surface area (Å²) < 4.78 is 20.4. The Labute approximate surface area is 160 Å². The van der Waals surface area contributed by atoms with Crippen molar-refractivity contribution < 1.29 is 33.3 Å². The predicted octanol–water partition coefficient (Wildman–Crippen LogP) is 1.94. The third kappa shape index (κ3) is 4.67. The largest absolute Gasteiger partial charge is 0.496 e. The highest BCUT2D eigenvalue weighted by atomic mass is 16.7. The van der Waals surface area contributed by atoms with Gasteiger partial charge in [-0.05, 0) is 35.9 Å². The van der Waals surface area contributed by atoms with Gasteiger partial charge in [-0.3, -0.25) is 14.9 Å². The Morgan fingerprint density at radius 3 is 2.71 bits per heavy atom. The topological polar surface area (TPSA) is 100 Å². The molecule has 1 heterocycles. The van der Waals surface area contributed by atoms with Crippen LogP contribution in [0.4, 0.5) is 0 Å². The van der Waals surface area contributed by atoms with Crippen molar-refractivity contribution in [2.24, 2.45) is 0 Å². The normalized spacial score (nSPS) is 11.9. The summed E-state index contributed by atoms with van der Waals surface area (Å²) in [5.74, 6) is -0.565. The van der Waals surface area contributed by atoms with E-state index in [0.717, 1.165) is 0 Å². The van der Waals surface area contributed by atoms with E-state index in [1.165, 1.54) is 25.3 Å². The van der Waals surface area contributed by atoms with Crippen molar-refractivity contribution in [3.63, 3.8) is 0 Å². The molecule has 0 unspecified atom stereocenters. The fraction of sp³-hybridized carbons (Fsp3) is 0.150. The van der Waals surface area contributed by atoms with Crippen LogP contribution >= 0.6 is 0 Å². The van der Waals surface area contributed by atoms with Crippen LogP contribution in [0.1, 0.15) is 15.9 Å². The summed E-state index contributed by atoms with van der Waals surface area (Å²) in [6.45, 7) is -0.432. The van der Waals surface area contributed by atoms with Gasteiger partial charge in [0, 0.05) is 6.08 Å². The Bertz CT molecular complexity index is 936. The molecule has 28 heavy (non-hydrogen) atoms. The van der Waals surface area contributed by atoms with Gasteiger partial charge in [0.2, 0.25) is 6.79 Å². The predicted molar refractivity (Wildman–Crippen MR) is 98.0 cm³/mol. The highest BCUT2D eigenvalue weighted by Crippen LogP contribution is 2.32. The lowest BCUT2D eigenvalue weighted by molar-refractivity contribution is -0.143. The number of nitrogens with one attached hydrogen (secondary N) is 1. The van der Waals surface area contributed by atoms with E-state index >= 15 is 0 Å². The highest BCUT2D eigenvalue weighted by Gasteiger charge is 2.16. The maximum absolute atomic E-state index is 12.1. The molecule has 0 aliphatic carbocycles. The second kappa shape index (κ2) is 8.72. The minimum absolute atomic E-state index is 0.160. The second-order valence-electron chi connectivity index (χ2n) is 5.63. The van der Waals surface area contributed by atoms with Gasteiger partial charge in [0.05, 0.1) is 12.7 Å². The third-order valence-electron chi connectivity index (χ3n) is 3.76. The Balaban J connectivity index is 1.49. The summed E-state index contributed by atoms with van der Waals surface area (Å²) in [4.78, 5) is 35.7. The summed E-state index contributed by atoms with van der Waals surface area (Å²) in [6, 6.07) is 11.6. The monoisotopic (exact) mass is 383 g/mol. The SMILES string of the molecule is COc1ccccc1C(=O)NC(=O)COC(=O)/C=C/c1ccc2c(c1)OCO2. The van der Waals surface area contributed by atoms with Gasteiger partial charge in [-0.15, -0.1) is 0 Å². The quantitative estimate of drug-likeness (QED) is 0.601. The molecule has 0 aromatic heterocycles. The van der Waals surface area contributed by atoms with E-state index in [1.54, 1.807) is 36.4 Å². The van der Waals surface area contributed by atoms with Crippen LogP contribution in [0.25, 0.3) is 6.08 Å². The molecule has 0 saturated carbocycles.